The molecule has 172 valence electrons. The Balaban J connectivity index is 1.30. The molecule has 2 aromatic carbocycles. The van der Waals surface area contributed by atoms with Crippen molar-refractivity contribution in [3.05, 3.63) is 95.7 Å². The number of hydrogen-bond donors (Lipinski definition) is 0. The zero-order valence-electron chi connectivity index (χ0n) is 18.9. The van der Waals surface area contributed by atoms with Gasteiger partial charge in [0.15, 0.2) is 0 Å². The first-order valence-electron chi connectivity index (χ1n) is 11.3. The number of hydrogen-bond acceptors (Lipinski definition) is 5. The van der Waals surface area contributed by atoms with Crippen molar-refractivity contribution >= 4 is 5.91 Å². The molecule has 7 nitrogen and oxygen atoms in total. The molecule has 5 rings (SSSR count). The van der Waals surface area contributed by atoms with E-state index < -0.39 is 0 Å². The summed E-state index contributed by atoms with van der Waals surface area (Å²) in [4.78, 5) is 26.2. The van der Waals surface area contributed by atoms with Gasteiger partial charge in [0.2, 0.25) is 0 Å². The maximum Gasteiger partial charge on any atom is 0.257 e. The summed E-state index contributed by atoms with van der Waals surface area (Å²) in [5, 5.41) is 4.37. The largest absolute Gasteiger partial charge is 0.336 e. The predicted molar refractivity (Wildman–Crippen MR) is 127 cm³/mol. The summed E-state index contributed by atoms with van der Waals surface area (Å²) >= 11 is 0. The van der Waals surface area contributed by atoms with Crippen LogP contribution in [0.25, 0.3) is 17.2 Å². The van der Waals surface area contributed by atoms with Gasteiger partial charge < -0.3 is 4.90 Å². The van der Waals surface area contributed by atoms with Gasteiger partial charge >= 0.3 is 0 Å². The lowest BCUT2D eigenvalue weighted by Gasteiger charge is -2.34. The lowest BCUT2D eigenvalue weighted by molar-refractivity contribution is 0.0627. The van der Waals surface area contributed by atoms with Crippen LogP contribution in [-0.2, 0) is 6.54 Å². The van der Waals surface area contributed by atoms with Crippen LogP contribution in [0, 0.1) is 12.7 Å². The lowest BCUT2D eigenvalue weighted by Crippen LogP contribution is -2.48. The fraction of sp³-hybridized carbons (Fsp3) is 0.231. The third-order valence-electron chi connectivity index (χ3n) is 6.13. The van der Waals surface area contributed by atoms with Crippen LogP contribution >= 0.6 is 0 Å². The molecule has 4 aromatic rings. The number of carbonyl (C=O) groups excluding carboxylic acids is 1. The fourth-order valence-electron chi connectivity index (χ4n) is 4.21. The van der Waals surface area contributed by atoms with Gasteiger partial charge in [-0.2, -0.15) is 5.10 Å². The molecule has 1 amide bonds. The Morgan fingerprint density at radius 3 is 2.47 bits per heavy atom. The van der Waals surface area contributed by atoms with Crippen molar-refractivity contribution < 1.29 is 9.18 Å². The predicted octanol–water partition coefficient (Wildman–Crippen LogP) is 3.73. The van der Waals surface area contributed by atoms with Crippen molar-refractivity contribution in [2.24, 2.45) is 0 Å². The van der Waals surface area contributed by atoms with Crippen LogP contribution in [-0.4, -0.2) is 61.6 Å². The standard InChI is InChI=1S/C26H25FN6O/c1-19-22(25(34)32-15-13-31(14-16-32)18-20-7-3-2-4-8-20)17-29-33(19)26-28-12-11-24(30-26)21-9-5-6-10-23(21)27/h2-12,17H,13-16,18H2,1H3. The van der Waals surface area contributed by atoms with Crippen LogP contribution in [0.4, 0.5) is 4.39 Å². The number of nitrogens with zero attached hydrogens (tertiary/aromatic N) is 6. The van der Waals surface area contributed by atoms with Crippen LogP contribution < -0.4 is 0 Å². The van der Waals surface area contributed by atoms with Gasteiger partial charge in [0.25, 0.3) is 11.9 Å². The van der Waals surface area contributed by atoms with E-state index >= 15 is 0 Å². The molecule has 0 aliphatic carbocycles. The molecule has 1 aliphatic heterocycles. The number of benzene rings is 2. The maximum absolute atomic E-state index is 14.2. The quantitative estimate of drug-likeness (QED) is 0.458. The molecule has 2 aromatic heterocycles. The summed E-state index contributed by atoms with van der Waals surface area (Å²) in [6.07, 6.45) is 3.13. The molecule has 34 heavy (non-hydrogen) atoms. The van der Waals surface area contributed by atoms with E-state index in [4.69, 9.17) is 0 Å². The molecule has 0 saturated carbocycles. The minimum atomic E-state index is -0.355. The van der Waals surface area contributed by atoms with Crippen molar-refractivity contribution in [2.45, 2.75) is 13.5 Å². The van der Waals surface area contributed by atoms with E-state index in [-0.39, 0.29) is 11.7 Å². The summed E-state index contributed by atoms with van der Waals surface area (Å²) < 4.78 is 15.7. The van der Waals surface area contributed by atoms with Crippen molar-refractivity contribution in [1.29, 1.82) is 0 Å². The first kappa shape index (κ1) is 21.9. The lowest BCUT2D eigenvalue weighted by atomic mass is 10.1. The average molecular weight is 457 g/mol. The van der Waals surface area contributed by atoms with Gasteiger partial charge in [0.1, 0.15) is 5.82 Å². The summed E-state index contributed by atoms with van der Waals surface area (Å²) in [7, 11) is 0. The Morgan fingerprint density at radius 1 is 0.971 bits per heavy atom. The molecule has 1 fully saturated rings. The van der Waals surface area contributed by atoms with Crippen molar-refractivity contribution in [3.8, 4) is 17.2 Å². The molecule has 0 unspecified atom stereocenters. The van der Waals surface area contributed by atoms with Gasteiger partial charge in [0.05, 0.1) is 23.1 Å². The molecule has 0 bridgehead atoms. The first-order valence-corrected chi connectivity index (χ1v) is 11.3. The smallest absolute Gasteiger partial charge is 0.257 e. The monoisotopic (exact) mass is 456 g/mol. The number of carbonyl (C=O) groups is 1. The van der Waals surface area contributed by atoms with Crippen molar-refractivity contribution in [1.82, 2.24) is 29.5 Å². The SMILES string of the molecule is Cc1c(C(=O)N2CCN(Cc3ccccc3)CC2)cnn1-c1nccc(-c2ccccc2F)n1. The molecule has 1 aliphatic rings. The topological polar surface area (TPSA) is 67.2 Å². The molecular formula is C26H25FN6O. The highest BCUT2D eigenvalue weighted by atomic mass is 19.1. The third kappa shape index (κ3) is 4.45. The zero-order chi connectivity index (χ0) is 23.5. The molecule has 8 heteroatoms. The molecule has 3 heterocycles. The number of halogens is 1. The second-order valence-corrected chi connectivity index (χ2v) is 8.33. The summed E-state index contributed by atoms with van der Waals surface area (Å²) in [6, 6.07) is 18.5. The second-order valence-electron chi connectivity index (χ2n) is 8.33. The van der Waals surface area contributed by atoms with Gasteiger partial charge in [-0.1, -0.05) is 42.5 Å². The van der Waals surface area contributed by atoms with E-state index in [1.165, 1.54) is 16.3 Å². The van der Waals surface area contributed by atoms with E-state index in [0.717, 1.165) is 19.6 Å². The highest BCUT2D eigenvalue weighted by Gasteiger charge is 2.25. The molecule has 0 atom stereocenters. The third-order valence-corrected chi connectivity index (χ3v) is 6.13. The van der Waals surface area contributed by atoms with Crippen LogP contribution in [0.2, 0.25) is 0 Å². The fourth-order valence-corrected chi connectivity index (χ4v) is 4.21. The van der Waals surface area contributed by atoms with Crippen molar-refractivity contribution in [2.75, 3.05) is 26.2 Å². The van der Waals surface area contributed by atoms with E-state index in [1.54, 1.807) is 36.7 Å². The molecular weight excluding hydrogens is 431 g/mol. The van der Waals surface area contributed by atoms with Crippen LogP contribution in [0.1, 0.15) is 21.6 Å². The van der Waals surface area contributed by atoms with Gasteiger partial charge in [-0.05, 0) is 30.7 Å². The molecule has 0 spiro atoms. The number of rotatable bonds is 5. The normalized spacial score (nSPS) is 14.4. The number of aromatic nitrogens is 4. The molecule has 0 N–H and O–H groups in total. The highest BCUT2D eigenvalue weighted by molar-refractivity contribution is 5.95. The maximum atomic E-state index is 14.2. The summed E-state index contributed by atoms with van der Waals surface area (Å²) in [5.41, 5.74) is 3.30. The van der Waals surface area contributed by atoms with Crippen LogP contribution in [0.3, 0.4) is 0 Å². The minimum Gasteiger partial charge on any atom is -0.336 e. The second kappa shape index (κ2) is 9.52. The van der Waals surface area contributed by atoms with E-state index in [1.807, 2.05) is 30.0 Å². The van der Waals surface area contributed by atoms with E-state index in [2.05, 4.69) is 32.1 Å². The summed E-state index contributed by atoms with van der Waals surface area (Å²) in [6.45, 7) is 5.68. The number of amides is 1. The Hall–Kier alpha value is -3.91. The van der Waals surface area contributed by atoms with Crippen LogP contribution in [0.15, 0.2) is 73.1 Å². The Bertz CT molecular complexity index is 1300. The number of piperazine rings is 1. The zero-order valence-corrected chi connectivity index (χ0v) is 18.9. The Kier molecular flexibility index (Phi) is 6.14. The Labute approximate surface area is 197 Å². The molecule has 0 radical (unpaired) electrons. The van der Waals surface area contributed by atoms with Gasteiger partial charge in [0, 0.05) is 44.5 Å². The molecule has 1 saturated heterocycles. The average Bonchev–Trinajstić information content (AvgIpc) is 3.26. The van der Waals surface area contributed by atoms with E-state index in [0.29, 0.717) is 41.6 Å². The van der Waals surface area contributed by atoms with Gasteiger partial charge in [-0.3, -0.25) is 9.69 Å². The first-order chi connectivity index (χ1) is 16.6. The Morgan fingerprint density at radius 2 is 1.71 bits per heavy atom. The van der Waals surface area contributed by atoms with Gasteiger partial charge in [-0.25, -0.2) is 19.0 Å². The van der Waals surface area contributed by atoms with E-state index in [9.17, 15) is 9.18 Å². The highest BCUT2D eigenvalue weighted by Crippen LogP contribution is 2.22. The minimum absolute atomic E-state index is 0.0478. The summed E-state index contributed by atoms with van der Waals surface area (Å²) in [5.74, 6) is -0.107. The van der Waals surface area contributed by atoms with Gasteiger partial charge in [-0.15, -0.1) is 0 Å². The van der Waals surface area contributed by atoms with Crippen LogP contribution in [0.5, 0.6) is 0 Å². The van der Waals surface area contributed by atoms with Crippen molar-refractivity contribution in [3.63, 3.8) is 0 Å².